The van der Waals surface area contributed by atoms with Crippen LogP contribution in [0, 0.1) is 0 Å². The number of rotatable bonds is 8. The normalized spacial score (nSPS) is 17.4. The first kappa shape index (κ1) is 26.5. The summed E-state index contributed by atoms with van der Waals surface area (Å²) in [6.45, 7) is 9.66. The predicted molar refractivity (Wildman–Crippen MR) is 144 cm³/mol. The van der Waals surface area contributed by atoms with Crippen LogP contribution in [0.5, 0.6) is 5.75 Å². The van der Waals surface area contributed by atoms with Gasteiger partial charge in [-0.3, -0.25) is 9.59 Å². The van der Waals surface area contributed by atoms with Gasteiger partial charge in [-0.2, -0.15) is 0 Å². The summed E-state index contributed by atoms with van der Waals surface area (Å²) in [7, 11) is 0. The van der Waals surface area contributed by atoms with E-state index in [4.69, 9.17) is 16.3 Å². The molecular weight excluding hydrogens is 490 g/mol. The van der Waals surface area contributed by atoms with Crippen LogP contribution < -0.4 is 4.74 Å². The number of nitrogens with zero attached hydrogens (tertiary/aromatic N) is 3. The van der Waals surface area contributed by atoms with E-state index in [1.165, 1.54) is 0 Å². The van der Waals surface area contributed by atoms with E-state index in [1.54, 1.807) is 35.6 Å². The standard InChI is InChI=1S/C29H32ClN3O4/c1-5-37-23-12-9-20(17-22(23)30)26(34)24-25(19-7-10-21(11-8-19)29(2,3)4)33(28(36)27(24)35)15-6-14-32-16-13-31-18-32/h7-13,16-18,25,34H,5-6,14-15H2,1-4H3/b26-24+/t25-/m1/s1. The zero-order valence-corrected chi connectivity index (χ0v) is 22.3. The number of benzene rings is 2. The maximum Gasteiger partial charge on any atom is 0.295 e. The SMILES string of the molecule is CCOc1ccc(/C(O)=C2\C(=O)C(=O)N(CCCn3ccnc3)[C@@H]2c2ccc(C(C)(C)C)cc2)cc1Cl. The summed E-state index contributed by atoms with van der Waals surface area (Å²) < 4.78 is 7.41. The third-order valence-corrected chi connectivity index (χ3v) is 6.81. The minimum Gasteiger partial charge on any atom is -0.507 e. The van der Waals surface area contributed by atoms with Gasteiger partial charge < -0.3 is 19.3 Å². The highest BCUT2D eigenvalue weighted by molar-refractivity contribution is 6.46. The lowest BCUT2D eigenvalue weighted by Crippen LogP contribution is -2.31. The maximum absolute atomic E-state index is 13.3. The number of hydrogen-bond donors (Lipinski definition) is 1. The van der Waals surface area contributed by atoms with Crippen molar-refractivity contribution in [3.8, 4) is 5.75 Å². The Balaban J connectivity index is 1.75. The molecule has 3 aromatic rings. The lowest BCUT2D eigenvalue weighted by Gasteiger charge is -2.26. The molecule has 7 nitrogen and oxygen atoms in total. The van der Waals surface area contributed by atoms with Crippen molar-refractivity contribution >= 4 is 29.1 Å². The molecule has 0 spiro atoms. The van der Waals surface area contributed by atoms with Gasteiger partial charge in [0.1, 0.15) is 11.5 Å². The number of carbonyl (C=O) groups excluding carboxylic acids is 2. The number of halogens is 1. The van der Waals surface area contributed by atoms with Gasteiger partial charge in [0.15, 0.2) is 0 Å². The van der Waals surface area contributed by atoms with E-state index < -0.39 is 17.7 Å². The van der Waals surface area contributed by atoms with Gasteiger partial charge in [-0.05, 0) is 48.1 Å². The molecule has 1 amide bonds. The largest absolute Gasteiger partial charge is 0.507 e. The minimum absolute atomic E-state index is 0.0514. The van der Waals surface area contributed by atoms with Crippen LogP contribution in [0.3, 0.4) is 0 Å². The maximum atomic E-state index is 13.3. The second kappa shape index (κ2) is 10.8. The number of aromatic nitrogens is 2. The number of likely N-dealkylation sites (tertiary alicyclic amines) is 1. The van der Waals surface area contributed by atoms with Crippen molar-refractivity contribution in [3.05, 3.63) is 88.5 Å². The lowest BCUT2D eigenvalue weighted by atomic mass is 9.85. The van der Waals surface area contributed by atoms with Gasteiger partial charge in [0.2, 0.25) is 0 Å². The molecule has 2 heterocycles. The highest BCUT2D eigenvalue weighted by atomic mass is 35.5. The molecule has 0 saturated carbocycles. The molecule has 1 N–H and O–H groups in total. The van der Waals surface area contributed by atoms with Crippen molar-refractivity contribution in [1.29, 1.82) is 0 Å². The smallest absolute Gasteiger partial charge is 0.295 e. The van der Waals surface area contributed by atoms with Crippen LogP contribution in [0.1, 0.15) is 56.8 Å². The molecule has 0 bridgehead atoms. The Morgan fingerprint density at radius 3 is 2.43 bits per heavy atom. The Morgan fingerprint density at radius 2 is 1.84 bits per heavy atom. The molecule has 0 aliphatic carbocycles. The molecule has 0 unspecified atom stereocenters. The fourth-order valence-corrected chi connectivity index (χ4v) is 4.78. The molecule has 1 aliphatic rings. The van der Waals surface area contributed by atoms with E-state index in [-0.39, 0.29) is 16.7 Å². The highest BCUT2D eigenvalue weighted by Crippen LogP contribution is 2.41. The number of Topliss-reactive ketones (excluding diaryl/α,β-unsaturated/α-hetero) is 1. The summed E-state index contributed by atoms with van der Waals surface area (Å²) in [5.41, 5.74) is 2.24. The summed E-state index contributed by atoms with van der Waals surface area (Å²) >= 11 is 6.36. The van der Waals surface area contributed by atoms with E-state index in [1.807, 2.05) is 42.0 Å². The number of hydrogen-bond acceptors (Lipinski definition) is 5. The van der Waals surface area contributed by atoms with Crippen LogP contribution in [-0.4, -0.2) is 44.4 Å². The molecule has 8 heteroatoms. The topological polar surface area (TPSA) is 84.7 Å². The van der Waals surface area contributed by atoms with Crippen LogP contribution in [0.4, 0.5) is 0 Å². The summed E-state index contributed by atoms with van der Waals surface area (Å²) in [6, 6.07) is 12.0. The molecule has 37 heavy (non-hydrogen) atoms. The van der Waals surface area contributed by atoms with Crippen LogP contribution in [0.2, 0.25) is 5.02 Å². The van der Waals surface area contributed by atoms with Gasteiger partial charge in [0.25, 0.3) is 11.7 Å². The van der Waals surface area contributed by atoms with Crippen molar-refractivity contribution in [2.75, 3.05) is 13.2 Å². The molecule has 0 radical (unpaired) electrons. The number of imidazole rings is 1. The second-order valence-corrected chi connectivity index (χ2v) is 10.5. The van der Waals surface area contributed by atoms with Gasteiger partial charge in [-0.25, -0.2) is 4.98 Å². The molecule has 1 fully saturated rings. The third kappa shape index (κ3) is 5.57. The van der Waals surface area contributed by atoms with E-state index in [0.29, 0.717) is 42.5 Å². The van der Waals surface area contributed by atoms with E-state index in [2.05, 4.69) is 25.8 Å². The fourth-order valence-electron chi connectivity index (χ4n) is 4.54. The minimum atomic E-state index is -0.720. The van der Waals surface area contributed by atoms with Crippen LogP contribution >= 0.6 is 11.6 Å². The first-order valence-electron chi connectivity index (χ1n) is 12.4. The summed E-state index contributed by atoms with van der Waals surface area (Å²) in [5, 5.41) is 11.6. The van der Waals surface area contributed by atoms with Crippen molar-refractivity contribution in [2.45, 2.75) is 52.1 Å². The van der Waals surface area contributed by atoms with Crippen LogP contribution in [0.15, 0.2) is 66.8 Å². The summed E-state index contributed by atoms with van der Waals surface area (Å²) in [4.78, 5) is 32.1. The predicted octanol–water partition coefficient (Wildman–Crippen LogP) is 5.74. The fraction of sp³-hybridized carbons (Fsp3) is 0.345. The monoisotopic (exact) mass is 521 g/mol. The van der Waals surface area contributed by atoms with Crippen LogP contribution in [-0.2, 0) is 21.5 Å². The zero-order chi connectivity index (χ0) is 26.7. The van der Waals surface area contributed by atoms with Gasteiger partial charge >= 0.3 is 0 Å². The molecule has 1 saturated heterocycles. The Kier molecular flexibility index (Phi) is 7.73. The number of carbonyl (C=O) groups is 2. The van der Waals surface area contributed by atoms with Gasteiger partial charge in [-0.1, -0.05) is 56.6 Å². The number of aliphatic hydroxyl groups excluding tert-OH is 1. The molecule has 1 aliphatic heterocycles. The lowest BCUT2D eigenvalue weighted by molar-refractivity contribution is -0.139. The number of aryl methyl sites for hydroxylation is 1. The van der Waals surface area contributed by atoms with Crippen molar-refractivity contribution in [1.82, 2.24) is 14.5 Å². The number of ketones is 1. The number of aliphatic hydroxyl groups is 1. The highest BCUT2D eigenvalue weighted by Gasteiger charge is 2.45. The first-order valence-corrected chi connectivity index (χ1v) is 12.8. The first-order chi connectivity index (χ1) is 17.6. The molecule has 194 valence electrons. The van der Waals surface area contributed by atoms with E-state index in [0.717, 1.165) is 11.1 Å². The van der Waals surface area contributed by atoms with Crippen molar-refractivity contribution in [2.24, 2.45) is 0 Å². The third-order valence-electron chi connectivity index (χ3n) is 6.51. The quantitative estimate of drug-likeness (QED) is 0.232. The Morgan fingerprint density at radius 1 is 1.11 bits per heavy atom. The van der Waals surface area contributed by atoms with Crippen molar-refractivity contribution in [3.63, 3.8) is 0 Å². The molecular formula is C29H32ClN3O4. The Hall–Kier alpha value is -3.58. The van der Waals surface area contributed by atoms with Crippen LogP contribution in [0.25, 0.3) is 5.76 Å². The average molecular weight is 522 g/mol. The molecule has 4 rings (SSSR count). The van der Waals surface area contributed by atoms with Gasteiger partial charge in [-0.15, -0.1) is 0 Å². The zero-order valence-electron chi connectivity index (χ0n) is 21.6. The molecule has 2 aromatic carbocycles. The Labute approximate surface area is 222 Å². The van der Waals surface area contributed by atoms with E-state index in [9.17, 15) is 14.7 Å². The number of amides is 1. The van der Waals surface area contributed by atoms with E-state index >= 15 is 0 Å². The van der Waals surface area contributed by atoms with Gasteiger partial charge in [0.05, 0.1) is 29.6 Å². The average Bonchev–Trinajstić information content (AvgIpc) is 3.47. The van der Waals surface area contributed by atoms with Gasteiger partial charge in [0, 0.05) is 31.0 Å². The molecule has 1 atom stereocenters. The Bertz CT molecular complexity index is 1310. The van der Waals surface area contributed by atoms with Crippen molar-refractivity contribution < 1.29 is 19.4 Å². The summed E-state index contributed by atoms with van der Waals surface area (Å²) in [5.74, 6) is -1.12. The molecule has 1 aromatic heterocycles. The second-order valence-electron chi connectivity index (χ2n) is 10.1. The number of ether oxygens (including phenoxy) is 1. The summed E-state index contributed by atoms with van der Waals surface area (Å²) in [6.07, 6.45) is 5.89.